The molecule has 7 amide bonds. The van der Waals surface area contributed by atoms with Gasteiger partial charge >= 0.3 is 5.97 Å². The van der Waals surface area contributed by atoms with Gasteiger partial charge in [-0.25, -0.2) is 4.79 Å². The zero-order valence-corrected chi connectivity index (χ0v) is 35.1. The molecule has 2 unspecified atom stereocenters. The maximum atomic E-state index is 12.8. The number of amides is 7. The largest absolute Gasteiger partial charge is 0.480 e. The lowest BCUT2D eigenvalue weighted by Crippen LogP contribution is -2.48. The Kier molecular flexibility index (Phi) is 23.5. The molecule has 0 saturated carbocycles. The first-order valence-electron chi connectivity index (χ1n) is 19.5. The molecule has 3 rings (SSSR count). The number of aromatic nitrogens is 4. The van der Waals surface area contributed by atoms with Gasteiger partial charge in [-0.2, -0.15) is 0 Å². The van der Waals surface area contributed by atoms with Crippen LogP contribution in [-0.4, -0.2) is 180 Å². The van der Waals surface area contributed by atoms with Crippen LogP contribution in [0.1, 0.15) is 30.7 Å². The maximum absolute atomic E-state index is 12.8. The van der Waals surface area contributed by atoms with Gasteiger partial charge in [0.15, 0.2) is 5.82 Å². The Morgan fingerprint density at radius 2 is 1.34 bits per heavy atom. The SMILES string of the molecule is Cc1nnc(-c2ccc(CNC(=O)CCOCCOCCOCCOCCNC(=O)CCN3C(=O)CC(SCC(NC(=O)CNC(=O)CNC(=O)CN)C(=O)O)C3=O)cc2)nn1. The van der Waals surface area contributed by atoms with Crippen LogP contribution in [0.4, 0.5) is 0 Å². The highest BCUT2D eigenvalue weighted by Crippen LogP contribution is 2.26. The van der Waals surface area contributed by atoms with E-state index in [1.807, 2.05) is 24.3 Å². The molecule has 1 saturated heterocycles. The van der Waals surface area contributed by atoms with E-state index in [9.17, 15) is 43.5 Å². The van der Waals surface area contributed by atoms with Crippen molar-refractivity contribution >= 4 is 59.1 Å². The number of benzene rings is 1. The number of nitrogens with zero attached hydrogens (tertiary/aromatic N) is 5. The normalized spacial score (nSPS) is 14.0. The summed E-state index contributed by atoms with van der Waals surface area (Å²) in [5, 5.41) is 36.6. The van der Waals surface area contributed by atoms with E-state index in [4.69, 9.17) is 24.7 Å². The molecular formula is C37H53N11O13S. The first-order chi connectivity index (χ1) is 29.9. The van der Waals surface area contributed by atoms with E-state index in [0.717, 1.165) is 27.8 Å². The second-order valence-corrected chi connectivity index (χ2v) is 14.4. The Labute approximate surface area is 360 Å². The van der Waals surface area contributed by atoms with Crippen LogP contribution in [0.2, 0.25) is 0 Å². The number of nitrogens with two attached hydrogens (primary N) is 1. The summed E-state index contributed by atoms with van der Waals surface area (Å²) in [6.07, 6.45) is -0.133. The minimum atomic E-state index is -1.43. The number of likely N-dealkylation sites (tertiary alicyclic amines) is 1. The molecule has 1 aromatic carbocycles. The minimum absolute atomic E-state index is 0.139. The molecule has 1 aromatic heterocycles. The number of imide groups is 1. The van der Waals surface area contributed by atoms with E-state index in [1.165, 1.54) is 0 Å². The molecule has 1 fully saturated rings. The molecule has 1 aliphatic rings. The molecule has 0 bridgehead atoms. The van der Waals surface area contributed by atoms with E-state index in [1.54, 1.807) is 6.92 Å². The van der Waals surface area contributed by atoms with Crippen molar-refractivity contribution in [2.45, 2.75) is 44.0 Å². The molecular weight excluding hydrogens is 839 g/mol. The van der Waals surface area contributed by atoms with Crippen LogP contribution in [0, 0.1) is 6.92 Å². The van der Waals surface area contributed by atoms with E-state index in [0.29, 0.717) is 51.2 Å². The van der Waals surface area contributed by atoms with Gasteiger partial charge in [0.1, 0.15) is 6.04 Å². The summed E-state index contributed by atoms with van der Waals surface area (Å²) in [5.41, 5.74) is 6.81. The minimum Gasteiger partial charge on any atom is -0.480 e. The standard InChI is InChI=1S/C37H53N11O13S/c1-24-44-46-35(47-45-24)26-4-2-25(3-5-26)20-40-30(50)7-10-58-12-14-60-16-17-61-15-13-59-11-8-39-29(49)6-9-48-34(54)18-28(36(48)55)62-23-27(37(56)57)43-33(53)22-42-32(52)21-41-31(51)19-38/h2-5,27-28H,6-23,38H2,1H3,(H,39,49)(H,40,50)(H,41,51)(H,42,52)(H,43,53)(H,56,57). The van der Waals surface area contributed by atoms with Gasteiger partial charge in [0.2, 0.25) is 47.2 Å². The fourth-order valence-electron chi connectivity index (χ4n) is 5.09. The average Bonchev–Trinajstić information content (AvgIpc) is 3.53. The van der Waals surface area contributed by atoms with Gasteiger partial charge < -0.3 is 56.4 Å². The molecule has 2 atom stereocenters. The summed E-state index contributed by atoms with van der Waals surface area (Å²) in [7, 11) is 0. The van der Waals surface area contributed by atoms with Crippen LogP contribution >= 0.6 is 11.8 Å². The third-order valence-corrected chi connectivity index (χ3v) is 9.68. The van der Waals surface area contributed by atoms with Gasteiger partial charge in [-0.3, -0.25) is 38.5 Å². The number of carbonyl (C=O) groups excluding carboxylic acids is 7. The molecule has 8 N–H and O–H groups in total. The molecule has 62 heavy (non-hydrogen) atoms. The highest BCUT2D eigenvalue weighted by molar-refractivity contribution is 8.00. The third-order valence-electron chi connectivity index (χ3n) is 8.38. The van der Waals surface area contributed by atoms with Crippen LogP contribution in [-0.2, 0) is 63.8 Å². The van der Waals surface area contributed by atoms with Crippen molar-refractivity contribution in [1.82, 2.24) is 51.9 Å². The zero-order chi connectivity index (χ0) is 45.1. The topological polar surface area (TPSA) is 335 Å². The quantitative estimate of drug-likeness (QED) is 0.0285. The summed E-state index contributed by atoms with van der Waals surface area (Å²) in [6.45, 7) is 3.18. The average molecular weight is 892 g/mol. The molecule has 0 radical (unpaired) electrons. The number of carboxylic acid groups (broad SMARTS) is 1. The van der Waals surface area contributed by atoms with E-state index >= 15 is 0 Å². The second kappa shape index (κ2) is 28.7. The summed E-state index contributed by atoms with van der Waals surface area (Å²) in [4.78, 5) is 97.3. The van der Waals surface area contributed by atoms with Crippen molar-refractivity contribution in [3.8, 4) is 11.4 Å². The number of nitrogens with one attached hydrogen (secondary N) is 5. The Bertz CT molecular complexity index is 1790. The predicted octanol–water partition coefficient (Wildman–Crippen LogP) is -3.56. The lowest BCUT2D eigenvalue weighted by molar-refractivity contribution is -0.141. The molecule has 2 aromatic rings. The maximum Gasteiger partial charge on any atom is 0.327 e. The van der Waals surface area contributed by atoms with E-state index in [2.05, 4.69) is 47.0 Å². The summed E-state index contributed by atoms with van der Waals surface area (Å²) < 4.78 is 21.8. The number of rotatable bonds is 31. The van der Waals surface area contributed by atoms with Gasteiger partial charge in [0, 0.05) is 50.2 Å². The lowest BCUT2D eigenvalue weighted by Gasteiger charge is -2.17. The first kappa shape index (κ1) is 50.6. The lowest BCUT2D eigenvalue weighted by atomic mass is 10.1. The number of ether oxygens (including phenoxy) is 4. The molecule has 340 valence electrons. The van der Waals surface area contributed by atoms with Gasteiger partial charge in [-0.15, -0.1) is 32.2 Å². The van der Waals surface area contributed by atoms with Crippen LogP contribution in [0.3, 0.4) is 0 Å². The van der Waals surface area contributed by atoms with Crippen molar-refractivity contribution in [2.24, 2.45) is 5.73 Å². The fourth-order valence-corrected chi connectivity index (χ4v) is 6.27. The molecule has 0 aliphatic carbocycles. The Balaban J connectivity index is 1.12. The Hall–Kier alpha value is -5.73. The number of hydrogen-bond acceptors (Lipinski definition) is 18. The van der Waals surface area contributed by atoms with Gasteiger partial charge in [0.05, 0.1) is 77.7 Å². The smallest absolute Gasteiger partial charge is 0.327 e. The van der Waals surface area contributed by atoms with Crippen LogP contribution in [0.25, 0.3) is 11.4 Å². The molecule has 0 spiro atoms. The molecule has 24 nitrogen and oxygen atoms in total. The number of aryl methyl sites for hydroxylation is 1. The molecule has 1 aliphatic heterocycles. The Morgan fingerprint density at radius 3 is 1.97 bits per heavy atom. The predicted molar refractivity (Wildman–Crippen MR) is 217 cm³/mol. The van der Waals surface area contributed by atoms with Crippen molar-refractivity contribution < 1.29 is 62.4 Å². The van der Waals surface area contributed by atoms with E-state index < -0.39 is 65.8 Å². The van der Waals surface area contributed by atoms with Crippen LogP contribution in [0.15, 0.2) is 24.3 Å². The first-order valence-corrected chi connectivity index (χ1v) is 20.6. The van der Waals surface area contributed by atoms with Crippen molar-refractivity contribution in [2.75, 3.05) is 91.3 Å². The third kappa shape index (κ3) is 20.2. The number of carbonyl (C=O) groups is 8. The summed E-state index contributed by atoms with van der Waals surface area (Å²) in [5.74, 6) is -4.44. The fraction of sp³-hybridized carbons (Fsp3) is 0.568. The Morgan fingerprint density at radius 1 is 0.758 bits per heavy atom. The van der Waals surface area contributed by atoms with E-state index in [-0.39, 0.29) is 70.4 Å². The summed E-state index contributed by atoms with van der Waals surface area (Å²) >= 11 is 0.875. The van der Waals surface area contributed by atoms with Gasteiger partial charge in [-0.1, -0.05) is 24.3 Å². The van der Waals surface area contributed by atoms with Crippen molar-refractivity contribution in [1.29, 1.82) is 0 Å². The van der Waals surface area contributed by atoms with Crippen LogP contribution in [0.5, 0.6) is 0 Å². The van der Waals surface area contributed by atoms with Crippen molar-refractivity contribution in [3.63, 3.8) is 0 Å². The second-order valence-electron chi connectivity index (χ2n) is 13.2. The monoisotopic (exact) mass is 891 g/mol. The zero-order valence-electron chi connectivity index (χ0n) is 34.3. The summed E-state index contributed by atoms with van der Waals surface area (Å²) in [6, 6.07) is 6.00. The van der Waals surface area contributed by atoms with Gasteiger partial charge in [-0.05, 0) is 12.5 Å². The number of hydrogen-bond donors (Lipinski definition) is 7. The molecule has 2 heterocycles. The highest BCUT2D eigenvalue weighted by atomic mass is 32.2. The number of aliphatic carboxylic acids is 1. The van der Waals surface area contributed by atoms with Crippen molar-refractivity contribution in [3.05, 3.63) is 35.7 Å². The number of carboxylic acids is 1. The molecule has 25 heteroatoms. The van der Waals surface area contributed by atoms with Gasteiger partial charge in [0.25, 0.3) is 0 Å². The van der Waals surface area contributed by atoms with Crippen LogP contribution < -0.4 is 32.3 Å². The number of thioether (sulfide) groups is 1. The highest BCUT2D eigenvalue weighted by Gasteiger charge is 2.39.